The van der Waals surface area contributed by atoms with Crippen LogP contribution in [0.4, 0.5) is 0 Å². The van der Waals surface area contributed by atoms with Crippen LogP contribution in [0.15, 0.2) is 122 Å². The van der Waals surface area contributed by atoms with Gasteiger partial charge in [0.05, 0.1) is 38.6 Å². The quantitative estimate of drug-likeness (QED) is 0.0199. The fraction of sp³-hybridized carbons (Fsp3) is 0.716. The molecular weight excluding hydrogens is 1190 g/mol. The predicted octanol–water partition coefficient (Wildman–Crippen LogP) is 9.60. The number of rotatable bonds is 52. The smallest absolute Gasteiger partial charge is 0.220 e. The van der Waals surface area contributed by atoms with E-state index in [1.807, 2.05) is 0 Å². The van der Waals surface area contributed by atoms with E-state index in [1.54, 1.807) is 0 Å². The molecule has 0 saturated carbocycles. The maximum Gasteiger partial charge on any atom is 0.220 e. The molecule has 12 N–H and O–H groups in total. The summed E-state index contributed by atoms with van der Waals surface area (Å²) in [5, 5.41) is 120. The van der Waals surface area contributed by atoms with Crippen LogP contribution in [-0.4, -0.2) is 193 Å². The van der Waals surface area contributed by atoms with Crippen molar-refractivity contribution in [2.24, 2.45) is 0 Å². The Labute approximate surface area is 557 Å². The van der Waals surface area contributed by atoms with Crippen molar-refractivity contribution in [3.05, 3.63) is 122 Å². The normalized spacial score (nSPS) is 28.3. The van der Waals surface area contributed by atoms with Gasteiger partial charge < -0.3 is 89.9 Å². The van der Waals surface area contributed by atoms with E-state index in [-0.39, 0.29) is 18.9 Å². The Bertz CT molecular complexity index is 2160. The number of amides is 1. The average molecular weight is 1310 g/mol. The SMILES string of the molecule is CC/C=C\C/C=C\C/C=C\C/C=C\C/C=C\C/C=C\C/C=C\C/C=C\C/C=C\C/C=C\CCCCCCCCCCC(=O)NC(COC1OC(CO)C(OC2OC(CO)C(OC3OC(CO)C(O)C(O)C3O)C(O)C2O)C(O)C1O)C(O)CCCCCCCCCCC. The lowest BCUT2D eigenvalue weighted by molar-refractivity contribution is -0.379. The first-order valence-electron chi connectivity index (χ1n) is 35.3. The molecule has 0 aromatic rings. The Kier molecular flexibility index (Phi) is 48.6. The molecule has 3 aliphatic rings. The van der Waals surface area contributed by atoms with Crippen LogP contribution in [0.1, 0.15) is 206 Å². The van der Waals surface area contributed by atoms with E-state index in [0.29, 0.717) is 12.8 Å². The molecule has 0 aromatic carbocycles. The molecule has 3 fully saturated rings. The van der Waals surface area contributed by atoms with Gasteiger partial charge in [0.15, 0.2) is 18.9 Å². The monoisotopic (exact) mass is 1310 g/mol. The van der Waals surface area contributed by atoms with Gasteiger partial charge in [-0.1, -0.05) is 232 Å². The van der Waals surface area contributed by atoms with Gasteiger partial charge in [0.25, 0.3) is 0 Å². The molecular formula is C74H123NO18. The Morgan fingerprint density at radius 2 is 0.742 bits per heavy atom. The second-order valence-electron chi connectivity index (χ2n) is 24.6. The van der Waals surface area contributed by atoms with E-state index in [9.17, 15) is 61.0 Å². The predicted molar refractivity (Wildman–Crippen MR) is 364 cm³/mol. The fourth-order valence-corrected chi connectivity index (χ4v) is 11.1. The Hall–Kier alpha value is -3.81. The van der Waals surface area contributed by atoms with Crippen molar-refractivity contribution in [3.8, 4) is 0 Å². The summed E-state index contributed by atoms with van der Waals surface area (Å²) in [5.74, 6) is -0.260. The van der Waals surface area contributed by atoms with Crippen molar-refractivity contribution in [1.82, 2.24) is 5.32 Å². The van der Waals surface area contributed by atoms with Crippen molar-refractivity contribution >= 4 is 5.91 Å². The summed E-state index contributed by atoms with van der Waals surface area (Å²) in [6.45, 7) is 1.61. The van der Waals surface area contributed by atoms with E-state index >= 15 is 0 Å². The second-order valence-corrected chi connectivity index (χ2v) is 24.6. The van der Waals surface area contributed by atoms with Crippen molar-refractivity contribution in [2.75, 3.05) is 26.4 Å². The lowest BCUT2D eigenvalue weighted by atomic mass is 9.96. The third-order valence-electron chi connectivity index (χ3n) is 16.8. The van der Waals surface area contributed by atoms with Crippen LogP contribution in [0.5, 0.6) is 0 Å². The first kappa shape index (κ1) is 83.4. The Morgan fingerprint density at radius 3 is 1.16 bits per heavy atom. The number of aliphatic hydroxyl groups excluding tert-OH is 11. The number of carbonyl (C=O) groups is 1. The molecule has 17 atom stereocenters. The molecule has 0 bridgehead atoms. The first-order chi connectivity index (χ1) is 45.3. The van der Waals surface area contributed by atoms with Crippen LogP contribution < -0.4 is 5.32 Å². The molecule has 3 heterocycles. The van der Waals surface area contributed by atoms with E-state index in [1.165, 1.54) is 44.9 Å². The summed E-state index contributed by atoms with van der Waals surface area (Å²) in [5.41, 5.74) is 0. The minimum absolute atomic E-state index is 0.248. The van der Waals surface area contributed by atoms with Crippen LogP contribution in [0.2, 0.25) is 0 Å². The highest BCUT2D eigenvalue weighted by Gasteiger charge is 2.53. The minimum Gasteiger partial charge on any atom is -0.394 e. The zero-order valence-corrected chi connectivity index (χ0v) is 56.2. The Balaban J connectivity index is 1.31. The van der Waals surface area contributed by atoms with Crippen LogP contribution in [-0.2, 0) is 33.2 Å². The third-order valence-corrected chi connectivity index (χ3v) is 16.8. The number of hydrogen-bond acceptors (Lipinski definition) is 18. The van der Waals surface area contributed by atoms with Crippen molar-refractivity contribution in [2.45, 2.75) is 311 Å². The highest BCUT2D eigenvalue weighted by Crippen LogP contribution is 2.33. The molecule has 19 nitrogen and oxygen atoms in total. The van der Waals surface area contributed by atoms with Gasteiger partial charge in [0.1, 0.15) is 73.2 Å². The molecule has 19 heteroatoms. The molecule has 3 rings (SSSR count). The van der Waals surface area contributed by atoms with Gasteiger partial charge in [0, 0.05) is 6.42 Å². The molecule has 3 aliphatic heterocycles. The number of hydrogen-bond donors (Lipinski definition) is 12. The molecule has 1 amide bonds. The van der Waals surface area contributed by atoms with Gasteiger partial charge in [-0.25, -0.2) is 0 Å². The second kappa shape index (κ2) is 54.2. The molecule has 93 heavy (non-hydrogen) atoms. The summed E-state index contributed by atoms with van der Waals surface area (Å²) >= 11 is 0. The number of aliphatic hydroxyl groups is 11. The maximum absolute atomic E-state index is 13.4. The van der Waals surface area contributed by atoms with Gasteiger partial charge in [-0.3, -0.25) is 4.79 Å². The summed E-state index contributed by atoms with van der Waals surface area (Å²) in [7, 11) is 0. The summed E-state index contributed by atoms with van der Waals surface area (Å²) in [6, 6.07) is -0.898. The van der Waals surface area contributed by atoms with Crippen molar-refractivity contribution in [3.63, 3.8) is 0 Å². The van der Waals surface area contributed by atoms with Crippen molar-refractivity contribution in [1.29, 1.82) is 0 Å². The fourth-order valence-electron chi connectivity index (χ4n) is 11.1. The molecule has 532 valence electrons. The molecule has 0 spiro atoms. The highest BCUT2D eigenvalue weighted by atomic mass is 16.8. The zero-order valence-electron chi connectivity index (χ0n) is 56.2. The summed E-state index contributed by atoms with van der Waals surface area (Å²) in [6.07, 6.45) is 47.4. The molecule has 17 unspecified atom stereocenters. The van der Waals surface area contributed by atoms with Crippen molar-refractivity contribution < 1.29 is 89.4 Å². The molecule has 0 aliphatic carbocycles. The van der Waals surface area contributed by atoms with Gasteiger partial charge in [-0.05, 0) is 89.9 Å². The first-order valence-corrected chi connectivity index (χ1v) is 35.3. The number of carbonyl (C=O) groups excluding carboxylic acids is 1. The number of nitrogens with one attached hydrogen (secondary N) is 1. The standard InChI is InChI=1S/C74H123NO18/c1-3-5-7-9-11-13-14-15-16-17-18-19-20-21-22-23-24-25-26-27-28-29-30-31-32-33-34-35-36-37-38-39-40-41-42-44-46-48-50-52-62(80)75-57(58(79)51-49-47-45-43-12-10-8-6-4-2)56-88-72-68(86)65(83)70(60(54-77)90-72)93-74-69(87)66(84)71(61(55-78)91-74)92-73-67(85)64(82)63(81)59(53-76)89-73/h5,7,11,13,15-16,18-19,21-22,24-25,27-28,30-31,33-34,36-37,57-61,63-74,76-79,81-87H,3-4,6,8-10,12,14,17,20,23,26,29,32,35,38-56H2,1-2H3,(H,75,80)/b7-5-,13-11-,16-15-,19-18-,22-21-,25-24-,28-27-,31-30-,34-33-,37-36-. The number of allylic oxidation sites excluding steroid dienone is 20. The molecule has 3 saturated heterocycles. The largest absolute Gasteiger partial charge is 0.394 e. The van der Waals surface area contributed by atoms with Gasteiger partial charge >= 0.3 is 0 Å². The number of ether oxygens (including phenoxy) is 6. The van der Waals surface area contributed by atoms with Crippen LogP contribution >= 0.6 is 0 Å². The van der Waals surface area contributed by atoms with E-state index in [4.69, 9.17) is 28.4 Å². The Morgan fingerprint density at radius 1 is 0.398 bits per heavy atom. The average Bonchev–Trinajstić information content (AvgIpc) is 0.828. The molecule has 0 aromatic heterocycles. The summed E-state index contributed by atoms with van der Waals surface area (Å²) in [4.78, 5) is 13.4. The summed E-state index contributed by atoms with van der Waals surface area (Å²) < 4.78 is 34.3. The zero-order chi connectivity index (χ0) is 67.5. The van der Waals surface area contributed by atoms with Crippen LogP contribution in [0, 0.1) is 0 Å². The minimum atomic E-state index is -1.98. The van der Waals surface area contributed by atoms with Crippen LogP contribution in [0.3, 0.4) is 0 Å². The van der Waals surface area contributed by atoms with Gasteiger partial charge in [-0.2, -0.15) is 0 Å². The van der Waals surface area contributed by atoms with Gasteiger partial charge in [-0.15, -0.1) is 0 Å². The van der Waals surface area contributed by atoms with E-state index in [2.05, 4.69) is 141 Å². The topological polar surface area (TPSA) is 307 Å². The maximum atomic E-state index is 13.4. The lowest BCUT2D eigenvalue weighted by Gasteiger charge is -2.48. The molecule has 0 radical (unpaired) electrons. The van der Waals surface area contributed by atoms with E-state index < -0.39 is 124 Å². The lowest BCUT2D eigenvalue weighted by Crippen LogP contribution is -2.66. The highest BCUT2D eigenvalue weighted by molar-refractivity contribution is 5.76. The van der Waals surface area contributed by atoms with E-state index in [0.717, 1.165) is 128 Å². The van der Waals surface area contributed by atoms with Crippen LogP contribution in [0.25, 0.3) is 0 Å². The number of unbranched alkanes of at least 4 members (excludes halogenated alkanes) is 16. The third kappa shape index (κ3) is 35.8. The van der Waals surface area contributed by atoms with Gasteiger partial charge in [0.2, 0.25) is 5.91 Å².